The molecule has 1 aliphatic rings. The summed E-state index contributed by atoms with van der Waals surface area (Å²) in [5, 5.41) is 0. The van der Waals surface area contributed by atoms with Crippen LogP contribution >= 0.6 is 0 Å². The number of hydrogen-bond acceptors (Lipinski definition) is 6. The van der Waals surface area contributed by atoms with Gasteiger partial charge in [0, 0.05) is 6.92 Å². The summed E-state index contributed by atoms with van der Waals surface area (Å²) in [4.78, 5) is 24.6. The average molecular weight is 245 g/mol. The minimum absolute atomic E-state index is 0.227. The zero-order chi connectivity index (χ0) is 12.8. The van der Waals surface area contributed by atoms with E-state index in [2.05, 4.69) is 4.74 Å². The molecule has 1 heterocycles. The predicted molar refractivity (Wildman–Crippen MR) is 59.3 cm³/mol. The number of carbonyl (C=O) groups excluding carboxylic acids is 2. The number of esters is 1. The van der Waals surface area contributed by atoms with Crippen LogP contribution < -0.4 is 0 Å². The highest BCUT2D eigenvalue weighted by Gasteiger charge is 2.30. The summed E-state index contributed by atoms with van der Waals surface area (Å²) in [5.41, 5.74) is 0. The maximum Gasteiger partial charge on any atom is 0.511 e. The normalized spacial score (nSPS) is 21.9. The van der Waals surface area contributed by atoms with Crippen LogP contribution in [0.2, 0.25) is 0 Å². The van der Waals surface area contributed by atoms with Crippen LogP contribution in [0, 0.1) is 0 Å². The van der Waals surface area contributed by atoms with Crippen molar-refractivity contribution in [1.82, 2.24) is 4.90 Å². The van der Waals surface area contributed by atoms with Crippen LogP contribution in [-0.4, -0.2) is 49.6 Å². The fourth-order valence-electron chi connectivity index (χ4n) is 1.76. The summed E-state index contributed by atoms with van der Waals surface area (Å²) in [6, 6.07) is -0.233. The number of hydrogen-bond donors (Lipinski definition) is 0. The average Bonchev–Trinajstić information content (AvgIpc) is 2.64. The molecule has 0 bridgehead atoms. The molecule has 1 fully saturated rings. The smallest absolute Gasteiger partial charge is 0.435 e. The highest BCUT2D eigenvalue weighted by molar-refractivity contribution is 5.76. The molecule has 1 unspecified atom stereocenters. The third kappa shape index (κ3) is 4.22. The van der Waals surface area contributed by atoms with E-state index in [4.69, 9.17) is 9.47 Å². The highest BCUT2D eigenvalue weighted by atomic mass is 16.8. The third-order valence-electron chi connectivity index (χ3n) is 2.60. The zero-order valence-electron chi connectivity index (χ0n) is 10.5. The van der Waals surface area contributed by atoms with Crippen LogP contribution in [0.15, 0.2) is 0 Å². The molecule has 0 saturated carbocycles. The van der Waals surface area contributed by atoms with Crippen molar-refractivity contribution in [3.05, 3.63) is 0 Å². The number of nitrogens with zero attached hydrogens (tertiary/aromatic N) is 1. The maximum atomic E-state index is 11.7. The van der Waals surface area contributed by atoms with Crippen molar-refractivity contribution < 1.29 is 23.8 Å². The number of ether oxygens (including phenoxy) is 3. The van der Waals surface area contributed by atoms with Crippen LogP contribution in [-0.2, 0) is 19.0 Å². The van der Waals surface area contributed by atoms with Gasteiger partial charge in [-0.15, -0.1) is 0 Å². The van der Waals surface area contributed by atoms with Crippen molar-refractivity contribution in [1.29, 1.82) is 0 Å². The Hall–Kier alpha value is -1.30. The SMILES string of the molecule is CCOC(=O)OC(C)OC(=O)[C@@H]1CCCN1C. The van der Waals surface area contributed by atoms with Gasteiger partial charge in [-0.2, -0.15) is 0 Å². The van der Waals surface area contributed by atoms with E-state index >= 15 is 0 Å². The van der Waals surface area contributed by atoms with Crippen LogP contribution in [0.3, 0.4) is 0 Å². The van der Waals surface area contributed by atoms with E-state index in [1.807, 2.05) is 11.9 Å². The molecule has 0 spiro atoms. The van der Waals surface area contributed by atoms with Gasteiger partial charge in [-0.25, -0.2) is 4.79 Å². The lowest BCUT2D eigenvalue weighted by Crippen LogP contribution is -2.36. The molecule has 6 heteroatoms. The fourth-order valence-corrected chi connectivity index (χ4v) is 1.76. The second-order valence-electron chi connectivity index (χ2n) is 3.94. The Morgan fingerprint density at radius 1 is 1.41 bits per heavy atom. The highest BCUT2D eigenvalue weighted by Crippen LogP contribution is 2.16. The van der Waals surface area contributed by atoms with Gasteiger partial charge < -0.3 is 14.2 Å². The van der Waals surface area contributed by atoms with Gasteiger partial charge in [0.05, 0.1) is 6.61 Å². The molecule has 1 rings (SSSR count). The van der Waals surface area contributed by atoms with E-state index < -0.39 is 12.4 Å². The molecule has 0 aromatic carbocycles. The molecule has 0 N–H and O–H groups in total. The molecule has 6 nitrogen and oxygen atoms in total. The first kappa shape index (κ1) is 13.8. The minimum Gasteiger partial charge on any atom is -0.435 e. The Bertz CT molecular complexity index is 281. The number of likely N-dealkylation sites (N-methyl/N-ethyl adjacent to an activating group) is 1. The van der Waals surface area contributed by atoms with Gasteiger partial charge in [-0.1, -0.05) is 0 Å². The van der Waals surface area contributed by atoms with E-state index in [0.717, 1.165) is 19.4 Å². The van der Waals surface area contributed by atoms with Crippen molar-refractivity contribution in [3.8, 4) is 0 Å². The third-order valence-corrected chi connectivity index (χ3v) is 2.60. The summed E-state index contributed by atoms with van der Waals surface area (Å²) in [5.74, 6) is -0.359. The lowest BCUT2D eigenvalue weighted by Gasteiger charge is -2.20. The van der Waals surface area contributed by atoms with Crippen molar-refractivity contribution in [2.45, 2.75) is 39.0 Å². The molecule has 1 saturated heterocycles. The van der Waals surface area contributed by atoms with Gasteiger partial charge in [-0.05, 0) is 33.4 Å². The molecule has 0 aromatic rings. The summed E-state index contributed by atoms with van der Waals surface area (Å²) in [6.07, 6.45) is 0.00770. The molecule has 1 aliphatic heterocycles. The van der Waals surface area contributed by atoms with Gasteiger partial charge in [-0.3, -0.25) is 9.69 Å². The topological polar surface area (TPSA) is 65.1 Å². The van der Waals surface area contributed by atoms with Crippen LogP contribution in [0.4, 0.5) is 4.79 Å². The van der Waals surface area contributed by atoms with E-state index in [0.29, 0.717) is 0 Å². The van der Waals surface area contributed by atoms with Gasteiger partial charge >= 0.3 is 12.1 Å². The lowest BCUT2D eigenvalue weighted by atomic mass is 10.2. The summed E-state index contributed by atoms with van der Waals surface area (Å²) < 4.78 is 14.3. The molecule has 0 amide bonds. The molecular formula is C11H19NO5. The van der Waals surface area contributed by atoms with Crippen molar-refractivity contribution in [2.24, 2.45) is 0 Å². The fraction of sp³-hybridized carbons (Fsp3) is 0.818. The van der Waals surface area contributed by atoms with Crippen molar-refractivity contribution >= 4 is 12.1 Å². The first-order chi connectivity index (χ1) is 8.04. The summed E-state index contributed by atoms with van der Waals surface area (Å²) >= 11 is 0. The Labute approximate surface area is 101 Å². The second-order valence-corrected chi connectivity index (χ2v) is 3.94. The number of likely N-dealkylation sites (tertiary alicyclic amines) is 1. The predicted octanol–water partition coefficient (Wildman–Crippen LogP) is 1.14. The van der Waals surface area contributed by atoms with Gasteiger partial charge in [0.1, 0.15) is 6.04 Å². The van der Waals surface area contributed by atoms with Crippen LogP contribution in [0.25, 0.3) is 0 Å². The Morgan fingerprint density at radius 3 is 2.65 bits per heavy atom. The van der Waals surface area contributed by atoms with Crippen LogP contribution in [0.1, 0.15) is 26.7 Å². The largest absolute Gasteiger partial charge is 0.511 e. The number of carbonyl (C=O) groups is 2. The Balaban J connectivity index is 2.32. The first-order valence-corrected chi connectivity index (χ1v) is 5.78. The van der Waals surface area contributed by atoms with E-state index in [1.54, 1.807) is 6.92 Å². The Morgan fingerprint density at radius 2 is 2.12 bits per heavy atom. The van der Waals surface area contributed by atoms with E-state index in [9.17, 15) is 9.59 Å². The summed E-state index contributed by atoms with van der Waals surface area (Å²) in [7, 11) is 1.87. The van der Waals surface area contributed by atoms with Crippen molar-refractivity contribution in [2.75, 3.05) is 20.2 Å². The van der Waals surface area contributed by atoms with E-state index in [-0.39, 0.29) is 18.6 Å². The lowest BCUT2D eigenvalue weighted by molar-refractivity contribution is -0.172. The number of rotatable bonds is 4. The van der Waals surface area contributed by atoms with Gasteiger partial charge in [0.25, 0.3) is 0 Å². The molecular weight excluding hydrogens is 226 g/mol. The molecule has 0 aliphatic carbocycles. The first-order valence-electron chi connectivity index (χ1n) is 5.78. The van der Waals surface area contributed by atoms with E-state index in [1.165, 1.54) is 6.92 Å². The van der Waals surface area contributed by atoms with Gasteiger partial charge in [0.2, 0.25) is 6.29 Å². The molecule has 0 aromatic heterocycles. The zero-order valence-corrected chi connectivity index (χ0v) is 10.5. The molecule has 17 heavy (non-hydrogen) atoms. The molecule has 0 radical (unpaired) electrons. The minimum atomic E-state index is -0.921. The monoisotopic (exact) mass is 245 g/mol. The standard InChI is InChI=1S/C11H19NO5/c1-4-15-11(14)17-8(2)16-10(13)9-6-5-7-12(9)3/h8-9H,4-7H2,1-3H3/t8?,9-/m0/s1. The molecule has 98 valence electrons. The second kappa shape index (κ2) is 6.44. The van der Waals surface area contributed by atoms with Gasteiger partial charge in [0.15, 0.2) is 0 Å². The van der Waals surface area contributed by atoms with Crippen LogP contribution in [0.5, 0.6) is 0 Å². The molecule has 2 atom stereocenters. The Kier molecular flexibility index (Phi) is 5.21. The summed E-state index contributed by atoms with van der Waals surface area (Å²) in [6.45, 7) is 4.27. The maximum absolute atomic E-state index is 11.7. The van der Waals surface area contributed by atoms with Crippen molar-refractivity contribution in [3.63, 3.8) is 0 Å². The quantitative estimate of drug-likeness (QED) is 0.546.